The van der Waals surface area contributed by atoms with Crippen LogP contribution in [0, 0.1) is 11.3 Å². The lowest BCUT2D eigenvalue weighted by molar-refractivity contribution is -0.114. The maximum Gasteiger partial charge on any atom is 0.221 e. The minimum Gasteiger partial charge on any atom is -0.495 e. The molecule has 6 heteroatoms. The highest BCUT2D eigenvalue weighted by Crippen LogP contribution is 2.32. The van der Waals surface area contributed by atoms with Crippen LogP contribution in [-0.2, 0) is 4.79 Å². The molecule has 0 aliphatic rings. The van der Waals surface area contributed by atoms with Crippen molar-refractivity contribution in [3.05, 3.63) is 42.0 Å². The van der Waals surface area contributed by atoms with Crippen LogP contribution in [0.4, 0.5) is 5.69 Å². The summed E-state index contributed by atoms with van der Waals surface area (Å²) >= 11 is 0. The van der Waals surface area contributed by atoms with E-state index in [1.165, 1.54) is 14.0 Å². The number of hydrogen-bond acceptors (Lipinski definition) is 4. The number of carbonyl (C=O) groups excluding carboxylic acids is 1. The molecular weight excluding hydrogens is 292 g/mol. The van der Waals surface area contributed by atoms with Crippen LogP contribution in [0.15, 0.2) is 36.4 Å². The highest BCUT2D eigenvalue weighted by molar-refractivity contribution is 5.96. The number of carbonyl (C=O) groups is 1. The van der Waals surface area contributed by atoms with Gasteiger partial charge in [0.1, 0.15) is 17.5 Å². The zero-order valence-electron chi connectivity index (χ0n) is 12.7. The number of rotatable bonds is 3. The molecule has 0 radical (unpaired) electrons. The van der Waals surface area contributed by atoms with E-state index in [1.54, 1.807) is 12.1 Å². The maximum absolute atomic E-state index is 11.2. The largest absolute Gasteiger partial charge is 0.495 e. The predicted molar refractivity (Wildman–Crippen MR) is 87.1 cm³/mol. The summed E-state index contributed by atoms with van der Waals surface area (Å²) in [6.07, 6.45) is 0. The summed E-state index contributed by atoms with van der Waals surface area (Å²) in [5, 5.41) is 20.0. The van der Waals surface area contributed by atoms with E-state index >= 15 is 0 Å². The number of nitriles is 1. The summed E-state index contributed by atoms with van der Waals surface area (Å²) in [5.74, 6) is 0.370. The molecule has 0 saturated heterocycles. The first-order valence-electron chi connectivity index (χ1n) is 6.96. The fourth-order valence-corrected chi connectivity index (χ4v) is 2.47. The van der Waals surface area contributed by atoms with E-state index in [9.17, 15) is 4.79 Å². The number of fused-ring (bicyclic) bond motifs is 1. The van der Waals surface area contributed by atoms with Gasteiger partial charge in [0.05, 0.1) is 18.2 Å². The van der Waals surface area contributed by atoms with Crippen LogP contribution in [0.5, 0.6) is 5.75 Å². The topological polar surface area (TPSA) is 90.8 Å². The summed E-state index contributed by atoms with van der Waals surface area (Å²) in [7, 11) is 1.53. The number of benzene rings is 2. The molecule has 23 heavy (non-hydrogen) atoms. The standard InChI is InChI=1S/C17H14N4O2/c1-10(22)19-13-5-3-4-11(6-13)17-14-8-16(23-2)12(9-18)7-15(14)20-21-17/h3-8H,1-2H3,(H,19,22)(H,20,21). The van der Waals surface area contributed by atoms with E-state index in [0.717, 1.165) is 22.2 Å². The molecule has 3 rings (SSSR count). The Labute approximate surface area is 132 Å². The molecule has 0 aliphatic heterocycles. The van der Waals surface area contributed by atoms with Crippen LogP contribution in [0.25, 0.3) is 22.2 Å². The number of methoxy groups -OCH3 is 1. The Morgan fingerprint density at radius 1 is 1.35 bits per heavy atom. The molecule has 0 saturated carbocycles. The van der Waals surface area contributed by atoms with Gasteiger partial charge in [-0.25, -0.2) is 0 Å². The van der Waals surface area contributed by atoms with Gasteiger partial charge in [-0.2, -0.15) is 10.4 Å². The first-order chi connectivity index (χ1) is 11.1. The third kappa shape index (κ3) is 2.72. The molecule has 1 heterocycles. The second kappa shape index (κ2) is 5.81. The molecule has 6 nitrogen and oxygen atoms in total. The Balaban J connectivity index is 2.14. The normalized spacial score (nSPS) is 10.3. The van der Waals surface area contributed by atoms with Gasteiger partial charge in [-0.15, -0.1) is 0 Å². The van der Waals surface area contributed by atoms with Gasteiger partial charge in [0.15, 0.2) is 0 Å². The monoisotopic (exact) mass is 306 g/mol. The van der Waals surface area contributed by atoms with E-state index in [-0.39, 0.29) is 5.91 Å². The van der Waals surface area contributed by atoms with Crippen LogP contribution in [0.3, 0.4) is 0 Å². The summed E-state index contributed by atoms with van der Waals surface area (Å²) in [4.78, 5) is 11.2. The Bertz CT molecular complexity index is 937. The first-order valence-corrected chi connectivity index (χ1v) is 6.96. The number of nitrogens with zero attached hydrogens (tertiary/aromatic N) is 2. The lowest BCUT2D eigenvalue weighted by Gasteiger charge is -2.05. The first kappa shape index (κ1) is 14.6. The van der Waals surface area contributed by atoms with Crippen molar-refractivity contribution < 1.29 is 9.53 Å². The van der Waals surface area contributed by atoms with Crippen molar-refractivity contribution in [2.75, 3.05) is 12.4 Å². The maximum atomic E-state index is 11.2. The van der Waals surface area contributed by atoms with Crippen molar-refractivity contribution in [1.82, 2.24) is 10.2 Å². The molecule has 114 valence electrons. The van der Waals surface area contributed by atoms with Crippen molar-refractivity contribution in [3.63, 3.8) is 0 Å². The van der Waals surface area contributed by atoms with Gasteiger partial charge in [-0.05, 0) is 24.3 Å². The van der Waals surface area contributed by atoms with Gasteiger partial charge >= 0.3 is 0 Å². The SMILES string of the molecule is COc1cc2c(-c3cccc(NC(C)=O)c3)n[nH]c2cc1C#N. The third-order valence-corrected chi connectivity index (χ3v) is 3.46. The van der Waals surface area contributed by atoms with E-state index in [0.29, 0.717) is 17.0 Å². The van der Waals surface area contributed by atoms with Gasteiger partial charge in [-0.1, -0.05) is 12.1 Å². The van der Waals surface area contributed by atoms with Crippen LogP contribution in [0.2, 0.25) is 0 Å². The summed E-state index contributed by atoms with van der Waals surface area (Å²) in [6.45, 7) is 1.46. The smallest absolute Gasteiger partial charge is 0.221 e. The number of nitrogens with one attached hydrogen (secondary N) is 2. The van der Waals surface area contributed by atoms with E-state index in [1.807, 2.05) is 24.3 Å². The molecule has 0 bridgehead atoms. The second-order valence-electron chi connectivity index (χ2n) is 5.04. The van der Waals surface area contributed by atoms with E-state index in [4.69, 9.17) is 10.00 Å². The number of amides is 1. The van der Waals surface area contributed by atoms with Gasteiger partial charge in [-0.3, -0.25) is 9.89 Å². The van der Waals surface area contributed by atoms with E-state index in [2.05, 4.69) is 21.6 Å². The van der Waals surface area contributed by atoms with Crippen molar-refractivity contribution >= 4 is 22.5 Å². The molecule has 1 aromatic heterocycles. The fourth-order valence-electron chi connectivity index (χ4n) is 2.47. The van der Waals surface area contributed by atoms with Gasteiger partial charge in [0.25, 0.3) is 0 Å². The molecule has 1 amide bonds. The van der Waals surface area contributed by atoms with Gasteiger partial charge in [0.2, 0.25) is 5.91 Å². The summed E-state index contributed by atoms with van der Waals surface area (Å²) in [6, 6.07) is 13.0. The van der Waals surface area contributed by atoms with Crippen molar-refractivity contribution in [2.24, 2.45) is 0 Å². The van der Waals surface area contributed by atoms with Gasteiger partial charge in [0, 0.05) is 23.6 Å². The van der Waals surface area contributed by atoms with Crippen LogP contribution in [0.1, 0.15) is 12.5 Å². The average molecular weight is 306 g/mol. The van der Waals surface area contributed by atoms with Crippen LogP contribution < -0.4 is 10.1 Å². The minimum absolute atomic E-state index is 0.130. The highest BCUT2D eigenvalue weighted by atomic mass is 16.5. The molecule has 0 spiro atoms. The number of ether oxygens (including phenoxy) is 1. The summed E-state index contributed by atoms with van der Waals surface area (Å²) in [5.41, 5.74) is 3.49. The molecular formula is C17H14N4O2. The summed E-state index contributed by atoms with van der Waals surface area (Å²) < 4.78 is 5.26. The quantitative estimate of drug-likeness (QED) is 0.778. The van der Waals surface area contributed by atoms with Crippen molar-refractivity contribution in [1.29, 1.82) is 5.26 Å². The Kier molecular flexibility index (Phi) is 3.69. The number of hydrogen-bond donors (Lipinski definition) is 2. The Morgan fingerprint density at radius 3 is 2.87 bits per heavy atom. The lowest BCUT2D eigenvalue weighted by atomic mass is 10.0. The molecule has 0 aliphatic carbocycles. The van der Waals surface area contributed by atoms with Crippen LogP contribution in [-0.4, -0.2) is 23.2 Å². The average Bonchev–Trinajstić information content (AvgIpc) is 2.95. The highest BCUT2D eigenvalue weighted by Gasteiger charge is 2.13. The van der Waals surface area contributed by atoms with Gasteiger partial charge < -0.3 is 10.1 Å². The molecule has 0 atom stereocenters. The number of anilines is 1. The van der Waals surface area contributed by atoms with Crippen molar-refractivity contribution in [3.8, 4) is 23.1 Å². The zero-order valence-corrected chi connectivity index (χ0v) is 12.7. The van der Waals surface area contributed by atoms with E-state index < -0.39 is 0 Å². The molecule has 0 fully saturated rings. The number of aromatic amines is 1. The second-order valence-corrected chi connectivity index (χ2v) is 5.04. The molecule has 2 aromatic carbocycles. The fraction of sp³-hybridized carbons (Fsp3) is 0.118. The van der Waals surface area contributed by atoms with Crippen LogP contribution >= 0.6 is 0 Å². The van der Waals surface area contributed by atoms with Crippen molar-refractivity contribution in [2.45, 2.75) is 6.92 Å². The molecule has 3 aromatic rings. The Morgan fingerprint density at radius 2 is 2.17 bits per heavy atom. The zero-order chi connectivity index (χ0) is 16.4. The molecule has 0 unspecified atom stereocenters. The predicted octanol–water partition coefficient (Wildman–Crippen LogP) is 3.07. The lowest BCUT2D eigenvalue weighted by Crippen LogP contribution is -2.05. The molecule has 2 N–H and O–H groups in total. The third-order valence-electron chi connectivity index (χ3n) is 3.46. The minimum atomic E-state index is -0.130. The number of H-pyrrole nitrogens is 1. The Hall–Kier alpha value is -3.33. The number of aromatic nitrogens is 2.